The van der Waals surface area contributed by atoms with Crippen LogP contribution in [0.3, 0.4) is 0 Å². The number of ether oxygens (including phenoxy) is 1. The molecular weight excluding hydrogens is 208 g/mol. The Kier molecular flexibility index (Phi) is 4.32. The summed E-state index contributed by atoms with van der Waals surface area (Å²) >= 11 is 0. The van der Waals surface area contributed by atoms with Gasteiger partial charge in [0.05, 0.1) is 19.0 Å². The van der Waals surface area contributed by atoms with E-state index in [1.54, 1.807) is 26.3 Å². The van der Waals surface area contributed by atoms with E-state index in [4.69, 9.17) is 9.84 Å². The van der Waals surface area contributed by atoms with Crippen LogP contribution in [0.5, 0.6) is 5.88 Å². The molecule has 0 saturated carbocycles. The second kappa shape index (κ2) is 5.75. The minimum absolute atomic E-state index is 0.473. The lowest BCUT2D eigenvalue weighted by Crippen LogP contribution is -2.04. The number of carboxylic acids is 1. The molecule has 16 heavy (non-hydrogen) atoms. The second-order valence-corrected chi connectivity index (χ2v) is 3.27. The number of carbonyl (C=O) groups is 1. The fraction of sp³-hybridized carbons (Fsp3) is 0.273. The van der Waals surface area contributed by atoms with Crippen molar-refractivity contribution in [3.63, 3.8) is 0 Å². The van der Waals surface area contributed by atoms with Crippen molar-refractivity contribution in [2.75, 3.05) is 19.0 Å². The van der Waals surface area contributed by atoms with Crippen molar-refractivity contribution in [2.45, 2.75) is 6.92 Å². The van der Waals surface area contributed by atoms with Crippen LogP contribution in [0.15, 0.2) is 30.0 Å². The molecule has 2 N–H and O–H groups in total. The van der Waals surface area contributed by atoms with E-state index in [2.05, 4.69) is 10.3 Å². The van der Waals surface area contributed by atoms with Crippen LogP contribution in [0.2, 0.25) is 0 Å². The summed E-state index contributed by atoms with van der Waals surface area (Å²) in [7, 11) is 1.55. The highest BCUT2D eigenvalue weighted by atomic mass is 16.5. The van der Waals surface area contributed by atoms with Crippen molar-refractivity contribution < 1.29 is 14.6 Å². The SMILES string of the molecule is COc1ccc(NC/C(C)=C/C(=O)O)cn1. The molecule has 1 aromatic rings. The topological polar surface area (TPSA) is 71.5 Å². The first-order valence-corrected chi connectivity index (χ1v) is 4.76. The summed E-state index contributed by atoms with van der Waals surface area (Å²) in [5, 5.41) is 11.6. The van der Waals surface area contributed by atoms with E-state index >= 15 is 0 Å². The second-order valence-electron chi connectivity index (χ2n) is 3.27. The lowest BCUT2D eigenvalue weighted by atomic mass is 10.2. The lowest BCUT2D eigenvalue weighted by Gasteiger charge is -2.06. The van der Waals surface area contributed by atoms with Crippen LogP contribution in [-0.4, -0.2) is 29.7 Å². The van der Waals surface area contributed by atoms with Gasteiger partial charge in [0, 0.05) is 18.7 Å². The molecule has 5 heteroatoms. The summed E-state index contributed by atoms with van der Waals surface area (Å²) in [6.45, 7) is 2.22. The van der Waals surface area contributed by atoms with E-state index in [1.165, 1.54) is 6.08 Å². The molecule has 0 bridgehead atoms. The Bertz CT molecular complexity index is 385. The molecule has 0 spiro atoms. The number of nitrogens with one attached hydrogen (secondary N) is 1. The Balaban J connectivity index is 2.51. The predicted molar refractivity (Wildman–Crippen MR) is 60.7 cm³/mol. The number of pyridine rings is 1. The zero-order valence-corrected chi connectivity index (χ0v) is 9.23. The fourth-order valence-corrected chi connectivity index (χ4v) is 1.11. The maximum Gasteiger partial charge on any atom is 0.328 e. The third-order valence-electron chi connectivity index (χ3n) is 1.89. The van der Waals surface area contributed by atoms with Crippen molar-refractivity contribution in [1.82, 2.24) is 4.98 Å². The quantitative estimate of drug-likeness (QED) is 0.739. The lowest BCUT2D eigenvalue weighted by molar-refractivity contribution is -0.131. The summed E-state index contributed by atoms with van der Waals surface area (Å²) in [5.41, 5.74) is 1.56. The molecule has 0 unspecified atom stereocenters. The number of nitrogens with zero attached hydrogens (tertiary/aromatic N) is 1. The van der Waals surface area contributed by atoms with Crippen LogP contribution in [0.4, 0.5) is 5.69 Å². The van der Waals surface area contributed by atoms with E-state index in [9.17, 15) is 4.79 Å². The number of aliphatic carboxylic acids is 1. The van der Waals surface area contributed by atoms with Crippen molar-refractivity contribution >= 4 is 11.7 Å². The minimum atomic E-state index is -0.938. The van der Waals surface area contributed by atoms with Gasteiger partial charge in [-0.05, 0) is 18.6 Å². The molecule has 1 heterocycles. The molecule has 0 aliphatic carbocycles. The third-order valence-corrected chi connectivity index (χ3v) is 1.89. The Morgan fingerprint density at radius 3 is 2.88 bits per heavy atom. The van der Waals surface area contributed by atoms with Gasteiger partial charge < -0.3 is 15.2 Å². The standard InChI is InChI=1S/C11H14N2O3/c1-8(5-11(14)15)6-12-9-3-4-10(16-2)13-7-9/h3-5,7,12H,6H2,1-2H3,(H,14,15)/b8-5+. The normalized spacial score (nSPS) is 11.0. The van der Waals surface area contributed by atoms with Gasteiger partial charge in [0.25, 0.3) is 0 Å². The summed E-state index contributed by atoms with van der Waals surface area (Å²) in [4.78, 5) is 14.4. The average molecular weight is 222 g/mol. The monoisotopic (exact) mass is 222 g/mol. The van der Waals surface area contributed by atoms with Crippen LogP contribution in [0.1, 0.15) is 6.92 Å². The first kappa shape index (κ1) is 12.0. The number of hydrogen-bond acceptors (Lipinski definition) is 4. The van der Waals surface area contributed by atoms with Crippen LogP contribution in [-0.2, 0) is 4.79 Å². The minimum Gasteiger partial charge on any atom is -0.481 e. The van der Waals surface area contributed by atoms with E-state index in [1.807, 2.05) is 6.07 Å². The van der Waals surface area contributed by atoms with E-state index in [-0.39, 0.29) is 0 Å². The van der Waals surface area contributed by atoms with Gasteiger partial charge >= 0.3 is 5.97 Å². The summed E-state index contributed by atoms with van der Waals surface area (Å²) < 4.78 is 4.92. The van der Waals surface area contributed by atoms with Crippen LogP contribution >= 0.6 is 0 Å². The Hall–Kier alpha value is -2.04. The van der Waals surface area contributed by atoms with Gasteiger partial charge in [-0.15, -0.1) is 0 Å². The van der Waals surface area contributed by atoms with Gasteiger partial charge in [0.15, 0.2) is 0 Å². The zero-order valence-electron chi connectivity index (χ0n) is 9.23. The van der Waals surface area contributed by atoms with Gasteiger partial charge in [-0.2, -0.15) is 0 Å². The third kappa shape index (κ3) is 4.00. The molecule has 1 aromatic heterocycles. The maximum atomic E-state index is 10.4. The molecule has 0 saturated heterocycles. The van der Waals surface area contributed by atoms with Crippen molar-refractivity contribution in [1.29, 1.82) is 0 Å². The number of anilines is 1. The highest BCUT2D eigenvalue weighted by Gasteiger charge is 1.97. The van der Waals surface area contributed by atoms with Crippen molar-refractivity contribution in [2.24, 2.45) is 0 Å². The first-order chi connectivity index (χ1) is 7.61. The summed E-state index contributed by atoms with van der Waals surface area (Å²) in [6.07, 6.45) is 2.80. The Morgan fingerprint density at radius 2 is 2.38 bits per heavy atom. The van der Waals surface area contributed by atoms with E-state index in [0.29, 0.717) is 12.4 Å². The molecule has 0 aliphatic heterocycles. The van der Waals surface area contributed by atoms with Gasteiger partial charge in [-0.3, -0.25) is 0 Å². The maximum absolute atomic E-state index is 10.4. The molecule has 0 atom stereocenters. The predicted octanol–water partition coefficient (Wildman–Crippen LogP) is 1.53. The smallest absolute Gasteiger partial charge is 0.328 e. The summed E-state index contributed by atoms with van der Waals surface area (Å²) in [5.74, 6) is -0.393. The Morgan fingerprint density at radius 1 is 1.62 bits per heavy atom. The van der Waals surface area contributed by atoms with Crippen LogP contribution in [0.25, 0.3) is 0 Å². The van der Waals surface area contributed by atoms with Gasteiger partial charge in [-0.1, -0.05) is 0 Å². The molecule has 0 fully saturated rings. The zero-order chi connectivity index (χ0) is 12.0. The number of rotatable bonds is 5. The van der Waals surface area contributed by atoms with Crippen LogP contribution < -0.4 is 10.1 Å². The number of methoxy groups -OCH3 is 1. The molecule has 86 valence electrons. The van der Waals surface area contributed by atoms with Crippen molar-refractivity contribution in [3.05, 3.63) is 30.0 Å². The number of hydrogen-bond donors (Lipinski definition) is 2. The number of carboxylic acid groups (broad SMARTS) is 1. The largest absolute Gasteiger partial charge is 0.481 e. The average Bonchev–Trinajstić information content (AvgIpc) is 2.26. The highest BCUT2D eigenvalue weighted by molar-refractivity contribution is 5.80. The molecular formula is C11H14N2O3. The van der Waals surface area contributed by atoms with E-state index in [0.717, 1.165) is 11.3 Å². The van der Waals surface area contributed by atoms with Gasteiger partial charge in [0.1, 0.15) is 0 Å². The molecule has 0 amide bonds. The molecule has 0 radical (unpaired) electrons. The number of aromatic nitrogens is 1. The highest BCUT2D eigenvalue weighted by Crippen LogP contribution is 2.11. The van der Waals surface area contributed by atoms with Crippen molar-refractivity contribution in [3.8, 4) is 5.88 Å². The Labute approximate surface area is 93.8 Å². The fourth-order valence-electron chi connectivity index (χ4n) is 1.11. The van der Waals surface area contributed by atoms with Gasteiger partial charge in [-0.25, -0.2) is 9.78 Å². The van der Waals surface area contributed by atoms with Crippen LogP contribution in [0, 0.1) is 0 Å². The first-order valence-electron chi connectivity index (χ1n) is 4.76. The van der Waals surface area contributed by atoms with Gasteiger partial charge in [0.2, 0.25) is 5.88 Å². The van der Waals surface area contributed by atoms with E-state index < -0.39 is 5.97 Å². The molecule has 0 aromatic carbocycles. The molecule has 1 rings (SSSR count). The summed E-state index contributed by atoms with van der Waals surface area (Å²) in [6, 6.07) is 3.55. The molecule has 5 nitrogen and oxygen atoms in total. The molecule has 0 aliphatic rings.